The van der Waals surface area contributed by atoms with Crippen LogP contribution in [-0.4, -0.2) is 6.61 Å². The molecule has 0 unspecified atom stereocenters. The zero-order valence-electron chi connectivity index (χ0n) is 10.5. The number of halogens is 1. The third-order valence-electron chi connectivity index (χ3n) is 2.64. The summed E-state index contributed by atoms with van der Waals surface area (Å²) in [7, 11) is 0. The average molecular weight is 300 g/mol. The van der Waals surface area contributed by atoms with Crippen LogP contribution in [0.15, 0.2) is 22.7 Å². The van der Waals surface area contributed by atoms with Gasteiger partial charge in [0.2, 0.25) is 0 Å². The molecule has 3 heteroatoms. The van der Waals surface area contributed by atoms with Gasteiger partial charge < -0.3 is 10.5 Å². The van der Waals surface area contributed by atoms with E-state index in [1.165, 1.54) is 25.7 Å². The monoisotopic (exact) mass is 299 g/mol. The van der Waals surface area contributed by atoms with E-state index in [4.69, 9.17) is 10.5 Å². The molecular weight excluding hydrogens is 278 g/mol. The summed E-state index contributed by atoms with van der Waals surface area (Å²) >= 11 is 3.43. The number of rotatable bonds is 8. The molecule has 0 radical (unpaired) electrons. The standard InChI is InChI=1S/C14H22BrNO/c1-2-3-4-5-6-7-17-11-12-8-13(15)10-14(16)9-12/h8-10H,2-7,11,16H2,1H3. The Bertz CT molecular complexity index is 308. The predicted octanol–water partition coefficient (Wildman–Crippen LogP) is 4.52. The van der Waals surface area contributed by atoms with Crippen molar-refractivity contribution in [2.24, 2.45) is 0 Å². The molecule has 0 aliphatic rings. The molecule has 1 aromatic carbocycles. The number of hydrogen-bond acceptors (Lipinski definition) is 2. The normalized spacial score (nSPS) is 10.7. The summed E-state index contributed by atoms with van der Waals surface area (Å²) < 4.78 is 6.65. The van der Waals surface area contributed by atoms with E-state index in [1.54, 1.807) is 0 Å². The predicted molar refractivity (Wildman–Crippen MR) is 77.0 cm³/mol. The van der Waals surface area contributed by atoms with Crippen LogP contribution in [0.1, 0.15) is 44.6 Å². The van der Waals surface area contributed by atoms with E-state index in [-0.39, 0.29) is 0 Å². The highest BCUT2D eigenvalue weighted by atomic mass is 79.9. The van der Waals surface area contributed by atoms with Crippen LogP contribution in [0, 0.1) is 0 Å². The van der Waals surface area contributed by atoms with Gasteiger partial charge >= 0.3 is 0 Å². The summed E-state index contributed by atoms with van der Waals surface area (Å²) in [6, 6.07) is 5.91. The smallest absolute Gasteiger partial charge is 0.0718 e. The van der Waals surface area contributed by atoms with Crippen LogP contribution in [0.5, 0.6) is 0 Å². The van der Waals surface area contributed by atoms with E-state index in [1.807, 2.05) is 18.2 Å². The Morgan fingerprint density at radius 1 is 1.12 bits per heavy atom. The fraction of sp³-hybridized carbons (Fsp3) is 0.571. The number of anilines is 1. The van der Waals surface area contributed by atoms with E-state index in [9.17, 15) is 0 Å². The maximum Gasteiger partial charge on any atom is 0.0718 e. The van der Waals surface area contributed by atoms with E-state index in [2.05, 4.69) is 22.9 Å². The molecule has 96 valence electrons. The first-order valence-electron chi connectivity index (χ1n) is 6.35. The first-order valence-corrected chi connectivity index (χ1v) is 7.14. The molecule has 0 fully saturated rings. The maximum atomic E-state index is 5.76. The molecular formula is C14H22BrNO. The summed E-state index contributed by atoms with van der Waals surface area (Å²) in [5.41, 5.74) is 7.67. The van der Waals surface area contributed by atoms with Gasteiger partial charge in [-0.1, -0.05) is 48.5 Å². The lowest BCUT2D eigenvalue weighted by Gasteiger charge is -2.06. The van der Waals surface area contributed by atoms with Crippen molar-refractivity contribution in [2.45, 2.75) is 45.6 Å². The zero-order valence-corrected chi connectivity index (χ0v) is 12.1. The van der Waals surface area contributed by atoms with Gasteiger partial charge in [-0.2, -0.15) is 0 Å². The van der Waals surface area contributed by atoms with Gasteiger partial charge in [-0.15, -0.1) is 0 Å². The first kappa shape index (κ1) is 14.5. The Morgan fingerprint density at radius 3 is 2.59 bits per heavy atom. The lowest BCUT2D eigenvalue weighted by molar-refractivity contribution is 0.116. The minimum atomic E-state index is 0.650. The van der Waals surface area contributed by atoms with Crippen LogP contribution in [-0.2, 0) is 11.3 Å². The molecule has 0 bridgehead atoms. The van der Waals surface area contributed by atoms with Gasteiger partial charge in [0, 0.05) is 16.8 Å². The summed E-state index contributed by atoms with van der Waals surface area (Å²) in [6.45, 7) is 3.72. The molecule has 0 saturated heterocycles. The summed E-state index contributed by atoms with van der Waals surface area (Å²) in [5, 5.41) is 0. The third-order valence-corrected chi connectivity index (χ3v) is 3.10. The number of benzene rings is 1. The molecule has 1 rings (SSSR count). The Balaban J connectivity index is 2.13. The largest absolute Gasteiger partial charge is 0.399 e. The van der Waals surface area contributed by atoms with E-state index in [0.29, 0.717) is 6.61 Å². The molecule has 0 amide bonds. The van der Waals surface area contributed by atoms with Gasteiger partial charge in [0.1, 0.15) is 0 Å². The molecule has 0 spiro atoms. The average Bonchev–Trinajstić information content (AvgIpc) is 2.26. The molecule has 0 aromatic heterocycles. The van der Waals surface area contributed by atoms with Crippen LogP contribution in [0.25, 0.3) is 0 Å². The number of nitrogen functional groups attached to an aromatic ring is 1. The van der Waals surface area contributed by atoms with Gasteiger partial charge in [0.25, 0.3) is 0 Å². The minimum absolute atomic E-state index is 0.650. The van der Waals surface area contributed by atoms with Crippen LogP contribution >= 0.6 is 15.9 Å². The molecule has 2 nitrogen and oxygen atoms in total. The summed E-state index contributed by atoms with van der Waals surface area (Å²) in [6.07, 6.45) is 6.38. The number of hydrogen-bond donors (Lipinski definition) is 1. The van der Waals surface area contributed by atoms with Crippen molar-refractivity contribution in [2.75, 3.05) is 12.3 Å². The van der Waals surface area contributed by atoms with Gasteiger partial charge in [-0.3, -0.25) is 0 Å². The van der Waals surface area contributed by atoms with Crippen molar-refractivity contribution in [1.82, 2.24) is 0 Å². The maximum absolute atomic E-state index is 5.76. The van der Waals surface area contributed by atoms with E-state index < -0.39 is 0 Å². The Kier molecular flexibility index (Phi) is 7.29. The zero-order chi connectivity index (χ0) is 12.5. The van der Waals surface area contributed by atoms with E-state index >= 15 is 0 Å². The lowest BCUT2D eigenvalue weighted by Crippen LogP contribution is -1.97. The highest BCUT2D eigenvalue weighted by molar-refractivity contribution is 9.10. The molecule has 2 N–H and O–H groups in total. The van der Waals surface area contributed by atoms with Crippen LogP contribution in [0.3, 0.4) is 0 Å². The van der Waals surface area contributed by atoms with Crippen molar-refractivity contribution < 1.29 is 4.74 Å². The third kappa shape index (κ3) is 6.69. The van der Waals surface area contributed by atoms with Crippen molar-refractivity contribution in [1.29, 1.82) is 0 Å². The van der Waals surface area contributed by atoms with Gasteiger partial charge in [0.15, 0.2) is 0 Å². The molecule has 0 aliphatic carbocycles. The fourth-order valence-electron chi connectivity index (χ4n) is 1.76. The van der Waals surface area contributed by atoms with Gasteiger partial charge in [-0.25, -0.2) is 0 Å². The first-order chi connectivity index (χ1) is 8.22. The second kappa shape index (κ2) is 8.54. The van der Waals surface area contributed by atoms with Crippen molar-refractivity contribution >= 4 is 21.6 Å². The topological polar surface area (TPSA) is 35.2 Å². The minimum Gasteiger partial charge on any atom is -0.399 e. The summed E-state index contributed by atoms with van der Waals surface area (Å²) in [5.74, 6) is 0. The second-order valence-electron chi connectivity index (χ2n) is 4.36. The van der Waals surface area contributed by atoms with Crippen molar-refractivity contribution in [3.8, 4) is 0 Å². The Morgan fingerprint density at radius 2 is 1.88 bits per heavy atom. The van der Waals surface area contributed by atoms with Crippen molar-refractivity contribution in [3.05, 3.63) is 28.2 Å². The molecule has 17 heavy (non-hydrogen) atoms. The Labute approximate surface area is 113 Å². The SMILES string of the molecule is CCCCCCCOCc1cc(N)cc(Br)c1. The van der Waals surface area contributed by atoms with Crippen LogP contribution < -0.4 is 5.73 Å². The quantitative estimate of drug-likeness (QED) is 0.566. The lowest BCUT2D eigenvalue weighted by atomic mass is 10.2. The van der Waals surface area contributed by atoms with E-state index in [0.717, 1.165) is 28.8 Å². The molecule has 0 saturated carbocycles. The second-order valence-corrected chi connectivity index (χ2v) is 5.28. The van der Waals surface area contributed by atoms with Gasteiger partial charge in [-0.05, 0) is 30.2 Å². The van der Waals surface area contributed by atoms with Gasteiger partial charge in [0.05, 0.1) is 6.61 Å². The van der Waals surface area contributed by atoms with Crippen LogP contribution in [0.2, 0.25) is 0 Å². The van der Waals surface area contributed by atoms with Crippen molar-refractivity contribution in [3.63, 3.8) is 0 Å². The molecule has 0 atom stereocenters. The number of unbranched alkanes of at least 4 members (excludes halogenated alkanes) is 4. The molecule has 0 heterocycles. The highest BCUT2D eigenvalue weighted by Crippen LogP contribution is 2.18. The summed E-state index contributed by atoms with van der Waals surface area (Å²) in [4.78, 5) is 0. The highest BCUT2D eigenvalue weighted by Gasteiger charge is 1.97. The molecule has 0 aliphatic heterocycles. The molecule has 1 aromatic rings. The fourth-order valence-corrected chi connectivity index (χ4v) is 2.31. The number of ether oxygens (including phenoxy) is 1. The van der Waals surface area contributed by atoms with Crippen LogP contribution in [0.4, 0.5) is 5.69 Å². The number of nitrogens with two attached hydrogens (primary N) is 1. The Hall–Kier alpha value is -0.540.